The zero-order valence-electron chi connectivity index (χ0n) is 17.5. The van der Waals surface area contributed by atoms with Crippen LogP contribution in [-0.4, -0.2) is 0 Å². The average molecular weight is 381 g/mol. The number of aryl methyl sites for hydroxylation is 1. The van der Waals surface area contributed by atoms with Gasteiger partial charge in [-0.1, -0.05) is 75.0 Å². The first-order valence-electron chi connectivity index (χ1n) is 10.0. The molecular formula is C27H28N2. The maximum absolute atomic E-state index is 4.10. The Hall–Kier alpha value is -3.52. The molecule has 2 nitrogen and oxygen atoms in total. The van der Waals surface area contributed by atoms with Gasteiger partial charge in [0.2, 0.25) is 0 Å². The Morgan fingerprint density at radius 3 is 1.45 bits per heavy atom. The summed E-state index contributed by atoms with van der Waals surface area (Å²) in [5, 5.41) is 0. The highest BCUT2D eigenvalue weighted by atomic mass is 15.3. The van der Waals surface area contributed by atoms with E-state index in [1.165, 1.54) is 5.56 Å². The molecule has 0 fully saturated rings. The normalized spacial score (nSPS) is 12.7. The van der Waals surface area contributed by atoms with Gasteiger partial charge in [0.1, 0.15) is 0 Å². The summed E-state index contributed by atoms with van der Waals surface area (Å²) in [5.74, 6) is 0. The number of anilines is 4. The van der Waals surface area contributed by atoms with Crippen LogP contribution in [0.25, 0.3) is 0 Å². The second-order valence-corrected chi connectivity index (χ2v) is 6.51. The lowest BCUT2D eigenvalue weighted by Gasteiger charge is -2.40. The van der Waals surface area contributed by atoms with E-state index >= 15 is 0 Å². The summed E-state index contributed by atoms with van der Waals surface area (Å²) in [4.78, 5) is 4.49. The Kier molecular flexibility index (Phi) is 6.36. The predicted molar refractivity (Wildman–Crippen MR) is 127 cm³/mol. The van der Waals surface area contributed by atoms with Gasteiger partial charge in [-0.3, -0.25) is 0 Å². The zero-order valence-corrected chi connectivity index (χ0v) is 17.5. The minimum absolute atomic E-state index is 1.01. The summed E-state index contributed by atoms with van der Waals surface area (Å²) < 4.78 is 0. The van der Waals surface area contributed by atoms with Crippen molar-refractivity contribution in [2.75, 3.05) is 9.80 Å². The molecule has 29 heavy (non-hydrogen) atoms. The number of hydrogen-bond acceptors (Lipinski definition) is 2. The highest BCUT2D eigenvalue weighted by molar-refractivity contribution is 5.90. The van der Waals surface area contributed by atoms with Crippen molar-refractivity contribution in [3.63, 3.8) is 0 Å². The standard InChI is InChI=1S/C25H22N2.C2H6/c1-4-22-23(5-2)27(21-17-15-19(3)16-18-21)25-14-10-9-13-24(25)26(22)20-11-7-6-8-12-20;1-2/h4-18H,1-2H2,3H3;1-2H3. The van der Waals surface area contributed by atoms with Crippen LogP contribution in [-0.2, 0) is 0 Å². The molecule has 0 unspecified atom stereocenters. The first kappa shape index (κ1) is 20.2. The molecule has 0 spiro atoms. The predicted octanol–water partition coefficient (Wildman–Crippen LogP) is 7.89. The number of rotatable bonds is 4. The molecule has 0 saturated carbocycles. The molecule has 0 aliphatic carbocycles. The van der Waals surface area contributed by atoms with Crippen molar-refractivity contribution in [3.05, 3.63) is 121 Å². The van der Waals surface area contributed by atoms with Gasteiger partial charge < -0.3 is 9.80 Å². The third-order valence-electron chi connectivity index (χ3n) is 4.80. The van der Waals surface area contributed by atoms with Crippen LogP contribution in [0.5, 0.6) is 0 Å². The second kappa shape index (κ2) is 9.11. The van der Waals surface area contributed by atoms with E-state index in [0.717, 1.165) is 34.1 Å². The molecule has 0 N–H and O–H groups in total. The molecule has 0 amide bonds. The second-order valence-electron chi connectivity index (χ2n) is 6.51. The number of benzene rings is 3. The first-order valence-corrected chi connectivity index (χ1v) is 10.0. The summed E-state index contributed by atoms with van der Waals surface area (Å²) >= 11 is 0. The van der Waals surface area contributed by atoms with Crippen molar-refractivity contribution in [2.24, 2.45) is 0 Å². The quantitative estimate of drug-likeness (QED) is 0.454. The van der Waals surface area contributed by atoms with E-state index in [1.54, 1.807) is 0 Å². The number of allylic oxidation sites excluding steroid dienone is 2. The van der Waals surface area contributed by atoms with Crippen LogP contribution in [0.15, 0.2) is 116 Å². The van der Waals surface area contributed by atoms with E-state index < -0.39 is 0 Å². The van der Waals surface area contributed by atoms with Gasteiger partial charge in [-0.05, 0) is 55.5 Å². The van der Waals surface area contributed by atoms with Gasteiger partial charge in [-0.2, -0.15) is 0 Å². The van der Waals surface area contributed by atoms with Crippen molar-refractivity contribution >= 4 is 22.7 Å². The van der Waals surface area contributed by atoms with E-state index in [-0.39, 0.29) is 0 Å². The number of para-hydroxylation sites is 3. The van der Waals surface area contributed by atoms with Crippen molar-refractivity contribution in [1.29, 1.82) is 0 Å². The van der Waals surface area contributed by atoms with Crippen LogP contribution in [0.1, 0.15) is 19.4 Å². The fourth-order valence-corrected chi connectivity index (χ4v) is 3.55. The van der Waals surface area contributed by atoms with Crippen molar-refractivity contribution < 1.29 is 0 Å². The Morgan fingerprint density at radius 2 is 1.00 bits per heavy atom. The summed E-state index contributed by atoms with van der Waals surface area (Å²) in [5.41, 5.74) is 7.70. The monoisotopic (exact) mass is 380 g/mol. The molecule has 1 aliphatic rings. The van der Waals surface area contributed by atoms with Gasteiger partial charge in [0.15, 0.2) is 0 Å². The zero-order chi connectivity index (χ0) is 20.8. The van der Waals surface area contributed by atoms with Crippen LogP contribution < -0.4 is 9.80 Å². The highest BCUT2D eigenvalue weighted by Crippen LogP contribution is 2.47. The van der Waals surface area contributed by atoms with E-state index in [0.29, 0.717) is 0 Å². The molecule has 0 radical (unpaired) electrons. The molecule has 3 aromatic rings. The maximum Gasteiger partial charge on any atom is 0.0703 e. The maximum atomic E-state index is 4.10. The van der Waals surface area contributed by atoms with Gasteiger partial charge in [-0.25, -0.2) is 0 Å². The van der Waals surface area contributed by atoms with Crippen molar-refractivity contribution in [3.8, 4) is 0 Å². The summed E-state index contributed by atoms with van der Waals surface area (Å²) in [6.07, 6.45) is 3.81. The van der Waals surface area contributed by atoms with E-state index in [4.69, 9.17) is 0 Å². The number of nitrogens with zero attached hydrogens (tertiary/aromatic N) is 2. The largest absolute Gasteiger partial charge is 0.306 e. The molecule has 0 aromatic heterocycles. The van der Waals surface area contributed by atoms with Gasteiger partial charge in [0.25, 0.3) is 0 Å². The SMILES string of the molecule is C=CC1=C(C=C)N(c2ccc(C)cc2)c2ccccc2N1c1ccccc1.CC. The molecule has 0 saturated heterocycles. The van der Waals surface area contributed by atoms with Crippen molar-refractivity contribution in [1.82, 2.24) is 0 Å². The Bertz CT molecular complexity index is 1010. The molecule has 0 atom stereocenters. The Morgan fingerprint density at radius 1 is 0.586 bits per heavy atom. The Balaban J connectivity index is 0.00000117. The summed E-state index contributed by atoms with van der Waals surface area (Å²) in [7, 11) is 0. The lowest BCUT2D eigenvalue weighted by atomic mass is 10.0. The Labute approximate surface area is 174 Å². The molecule has 3 aromatic carbocycles. The fraction of sp³-hybridized carbons (Fsp3) is 0.111. The topological polar surface area (TPSA) is 6.48 Å². The molecule has 1 aliphatic heterocycles. The molecule has 146 valence electrons. The highest BCUT2D eigenvalue weighted by Gasteiger charge is 2.29. The van der Waals surface area contributed by atoms with E-state index in [1.807, 2.05) is 32.1 Å². The minimum atomic E-state index is 1.01. The number of hydrogen-bond donors (Lipinski definition) is 0. The summed E-state index contributed by atoms with van der Waals surface area (Å²) in [6.45, 7) is 14.3. The van der Waals surface area contributed by atoms with Crippen LogP contribution in [0.2, 0.25) is 0 Å². The molecule has 0 bridgehead atoms. The molecule has 4 rings (SSSR count). The van der Waals surface area contributed by atoms with Gasteiger partial charge in [0.05, 0.1) is 22.8 Å². The summed E-state index contributed by atoms with van der Waals surface area (Å²) in [6, 6.07) is 27.4. The fourth-order valence-electron chi connectivity index (χ4n) is 3.55. The molecule has 1 heterocycles. The van der Waals surface area contributed by atoms with E-state index in [9.17, 15) is 0 Å². The van der Waals surface area contributed by atoms with Gasteiger partial charge in [0, 0.05) is 11.4 Å². The van der Waals surface area contributed by atoms with Crippen LogP contribution >= 0.6 is 0 Å². The first-order chi connectivity index (χ1) is 14.2. The third kappa shape index (κ3) is 3.74. The smallest absolute Gasteiger partial charge is 0.0703 e. The lowest BCUT2D eigenvalue weighted by molar-refractivity contribution is 1.06. The molecular weight excluding hydrogens is 352 g/mol. The third-order valence-corrected chi connectivity index (χ3v) is 4.80. The van der Waals surface area contributed by atoms with Gasteiger partial charge in [-0.15, -0.1) is 0 Å². The van der Waals surface area contributed by atoms with Gasteiger partial charge >= 0.3 is 0 Å². The van der Waals surface area contributed by atoms with Crippen molar-refractivity contribution in [2.45, 2.75) is 20.8 Å². The lowest BCUT2D eigenvalue weighted by Crippen LogP contribution is -2.30. The van der Waals surface area contributed by atoms with Crippen LogP contribution in [0.4, 0.5) is 22.7 Å². The van der Waals surface area contributed by atoms with E-state index in [2.05, 4.69) is 103 Å². The molecule has 2 heteroatoms. The number of fused-ring (bicyclic) bond motifs is 1. The van der Waals surface area contributed by atoms with Crippen LogP contribution in [0, 0.1) is 6.92 Å². The average Bonchev–Trinajstić information content (AvgIpc) is 2.80. The van der Waals surface area contributed by atoms with Crippen LogP contribution in [0.3, 0.4) is 0 Å². The minimum Gasteiger partial charge on any atom is -0.306 e.